The lowest BCUT2D eigenvalue weighted by Crippen LogP contribution is -2.52. The van der Waals surface area contributed by atoms with Crippen LogP contribution >= 0.6 is 0 Å². The zero-order chi connectivity index (χ0) is 15.9. The third-order valence-corrected chi connectivity index (χ3v) is 6.06. The Balaban J connectivity index is 2.65. The molecule has 112 valence electrons. The Hall–Kier alpha value is -1.57. The fourth-order valence-electron chi connectivity index (χ4n) is 4.11. The molecule has 0 amide bonds. The van der Waals surface area contributed by atoms with E-state index in [0.717, 1.165) is 0 Å². The van der Waals surface area contributed by atoms with E-state index in [1.54, 1.807) is 0 Å². The maximum atomic E-state index is 2.53. The van der Waals surface area contributed by atoms with Crippen molar-refractivity contribution in [2.75, 3.05) is 0 Å². The maximum absolute atomic E-state index is 2.53. The van der Waals surface area contributed by atoms with Gasteiger partial charge < -0.3 is 0 Å². The minimum Gasteiger partial charge on any atom is -0.218 e. The monoisotopic (exact) mass is 283 g/mol. The molecule has 0 unspecified atom stereocenters. The van der Waals surface area contributed by atoms with E-state index in [-0.39, 0.29) is 5.54 Å². The van der Waals surface area contributed by atoms with Crippen molar-refractivity contribution in [2.45, 2.75) is 67.9 Å². The van der Waals surface area contributed by atoms with Gasteiger partial charge in [-0.1, -0.05) is 0 Å². The summed E-state index contributed by atoms with van der Waals surface area (Å²) in [6.07, 6.45) is 0. The second-order valence-electron chi connectivity index (χ2n) is 7.20. The van der Waals surface area contributed by atoms with Crippen LogP contribution in [0.15, 0.2) is 5.57 Å². The van der Waals surface area contributed by atoms with Crippen LogP contribution in [0, 0.1) is 34.6 Å². The minimum atomic E-state index is 0.0657. The molecule has 0 fully saturated rings. The maximum Gasteiger partial charge on any atom is 0.290 e. The number of hydrogen-bond acceptors (Lipinski definition) is 0. The summed E-state index contributed by atoms with van der Waals surface area (Å²) in [5.74, 6) is 1.37. The predicted octanol–water partition coefficient (Wildman–Crippen LogP) is 4.31. The summed E-state index contributed by atoms with van der Waals surface area (Å²) in [4.78, 5) is 0. The van der Waals surface area contributed by atoms with Gasteiger partial charge in [-0.2, -0.15) is 4.40 Å². The van der Waals surface area contributed by atoms with Crippen molar-refractivity contribution in [3.63, 3.8) is 0 Å². The lowest BCUT2D eigenvalue weighted by molar-refractivity contribution is -0.748. The highest BCUT2D eigenvalue weighted by Crippen LogP contribution is 2.38. The fourth-order valence-corrected chi connectivity index (χ4v) is 4.11. The molecular formula is C19H27N2+. The SMILES string of the molecule is CC1=C(C)C(C)(C)[n+]2c(C)c3c(C)c(C)c(C)c(C)n3c21. The van der Waals surface area contributed by atoms with Crippen LogP contribution in [-0.2, 0) is 5.54 Å². The molecule has 0 bridgehead atoms. The number of fused-ring (bicyclic) bond motifs is 3. The van der Waals surface area contributed by atoms with Gasteiger partial charge >= 0.3 is 0 Å². The molecule has 0 spiro atoms. The Labute approximate surface area is 128 Å². The number of nitrogens with zero attached hydrogens (tertiary/aromatic N) is 2. The molecule has 0 aromatic carbocycles. The van der Waals surface area contributed by atoms with Gasteiger partial charge in [-0.3, -0.25) is 0 Å². The number of aryl methyl sites for hydroxylation is 3. The third-order valence-electron chi connectivity index (χ3n) is 6.06. The van der Waals surface area contributed by atoms with Gasteiger partial charge in [0.15, 0.2) is 5.52 Å². The predicted molar refractivity (Wildman–Crippen MR) is 88.9 cm³/mol. The number of imidazole rings is 1. The molecule has 2 aromatic rings. The highest BCUT2D eigenvalue weighted by atomic mass is 15.2. The molecule has 1 aliphatic heterocycles. The summed E-state index contributed by atoms with van der Waals surface area (Å²) >= 11 is 0. The molecule has 0 saturated carbocycles. The topological polar surface area (TPSA) is 8.29 Å². The van der Waals surface area contributed by atoms with E-state index in [2.05, 4.69) is 71.3 Å². The summed E-state index contributed by atoms with van der Waals surface area (Å²) in [7, 11) is 0. The number of hydrogen-bond donors (Lipinski definition) is 0. The molecule has 0 N–H and O–H groups in total. The van der Waals surface area contributed by atoms with Gasteiger partial charge in [-0.25, -0.2) is 4.57 Å². The Kier molecular flexibility index (Phi) is 2.73. The summed E-state index contributed by atoms with van der Waals surface area (Å²) in [6.45, 7) is 20.5. The van der Waals surface area contributed by atoms with Crippen molar-refractivity contribution < 1.29 is 4.57 Å². The molecule has 3 rings (SSSR count). The third kappa shape index (κ3) is 1.46. The smallest absolute Gasteiger partial charge is 0.218 e. The van der Waals surface area contributed by atoms with Crippen LogP contribution < -0.4 is 4.57 Å². The van der Waals surface area contributed by atoms with Crippen LogP contribution in [0.5, 0.6) is 0 Å². The second kappa shape index (κ2) is 4.00. The molecule has 2 nitrogen and oxygen atoms in total. The summed E-state index contributed by atoms with van der Waals surface area (Å²) in [5, 5.41) is 0. The highest BCUT2D eigenvalue weighted by Gasteiger charge is 2.45. The lowest BCUT2D eigenvalue weighted by Gasteiger charge is -2.19. The highest BCUT2D eigenvalue weighted by molar-refractivity contribution is 5.71. The molecule has 2 heteroatoms. The van der Waals surface area contributed by atoms with E-state index >= 15 is 0 Å². The second-order valence-corrected chi connectivity index (χ2v) is 7.20. The van der Waals surface area contributed by atoms with Crippen LogP contribution in [0.4, 0.5) is 0 Å². The molecular weight excluding hydrogens is 256 g/mol. The van der Waals surface area contributed by atoms with Crippen LogP contribution in [0.1, 0.15) is 61.6 Å². The van der Waals surface area contributed by atoms with E-state index in [0.29, 0.717) is 0 Å². The van der Waals surface area contributed by atoms with Crippen molar-refractivity contribution in [1.29, 1.82) is 0 Å². The van der Waals surface area contributed by atoms with E-state index in [1.165, 1.54) is 50.6 Å². The molecule has 0 radical (unpaired) electrons. The normalized spacial score (nSPS) is 17.0. The first-order valence-electron chi connectivity index (χ1n) is 7.84. The largest absolute Gasteiger partial charge is 0.290 e. The zero-order valence-electron chi connectivity index (χ0n) is 14.9. The molecule has 0 aliphatic carbocycles. The number of allylic oxidation sites excluding steroid dienone is 2. The van der Waals surface area contributed by atoms with Crippen molar-refractivity contribution in [2.24, 2.45) is 0 Å². The van der Waals surface area contributed by atoms with Gasteiger partial charge in [0.2, 0.25) is 0 Å². The minimum absolute atomic E-state index is 0.0657. The summed E-state index contributed by atoms with van der Waals surface area (Å²) in [5.41, 5.74) is 11.4. The van der Waals surface area contributed by atoms with E-state index in [4.69, 9.17) is 0 Å². The van der Waals surface area contributed by atoms with Gasteiger partial charge in [-0.15, -0.1) is 0 Å². The first kappa shape index (κ1) is 14.4. The van der Waals surface area contributed by atoms with Crippen molar-refractivity contribution in [1.82, 2.24) is 4.40 Å². The Bertz CT molecular complexity index is 830. The first-order chi connectivity index (χ1) is 9.62. The van der Waals surface area contributed by atoms with Crippen molar-refractivity contribution >= 4 is 11.1 Å². The summed E-state index contributed by atoms with van der Waals surface area (Å²) < 4.78 is 5.02. The standard InChI is InChI=1S/C19H27N2/c1-10-11(2)15(6)20-17(12(10)3)16(7)21-18(20)13(4)14(5)19(21,8)9/h1-9H3/q+1. The molecule has 0 saturated heterocycles. The fraction of sp³-hybridized carbons (Fsp3) is 0.526. The van der Waals surface area contributed by atoms with Gasteiger partial charge in [0.25, 0.3) is 5.82 Å². The average Bonchev–Trinajstić information content (AvgIpc) is 2.82. The Morgan fingerprint density at radius 1 is 0.810 bits per heavy atom. The lowest BCUT2D eigenvalue weighted by atomic mass is 9.94. The quantitative estimate of drug-likeness (QED) is 0.637. The van der Waals surface area contributed by atoms with Crippen LogP contribution in [0.3, 0.4) is 0 Å². The van der Waals surface area contributed by atoms with E-state index < -0.39 is 0 Å². The average molecular weight is 283 g/mol. The van der Waals surface area contributed by atoms with Gasteiger partial charge in [0, 0.05) is 18.1 Å². The number of aromatic nitrogens is 2. The van der Waals surface area contributed by atoms with Crippen LogP contribution in [0.2, 0.25) is 0 Å². The van der Waals surface area contributed by atoms with Crippen LogP contribution in [0.25, 0.3) is 11.1 Å². The van der Waals surface area contributed by atoms with E-state index in [9.17, 15) is 0 Å². The van der Waals surface area contributed by atoms with Gasteiger partial charge in [0.1, 0.15) is 16.9 Å². The first-order valence-corrected chi connectivity index (χ1v) is 7.84. The molecule has 1 aliphatic rings. The Morgan fingerprint density at radius 2 is 1.38 bits per heavy atom. The zero-order valence-corrected chi connectivity index (χ0v) is 14.9. The van der Waals surface area contributed by atoms with Crippen LogP contribution in [-0.4, -0.2) is 4.40 Å². The van der Waals surface area contributed by atoms with Crippen molar-refractivity contribution in [3.8, 4) is 0 Å². The van der Waals surface area contributed by atoms with E-state index in [1.807, 2.05) is 0 Å². The molecule has 21 heavy (non-hydrogen) atoms. The number of rotatable bonds is 0. The number of pyridine rings is 1. The summed E-state index contributed by atoms with van der Waals surface area (Å²) in [6, 6.07) is 0. The van der Waals surface area contributed by atoms with Crippen molar-refractivity contribution in [3.05, 3.63) is 39.5 Å². The Morgan fingerprint density at radius 3 is 1.95 bits per heavy atom. The molecule has 3 heterocycles. The van der Waals surface area contributed by atoms with Gasteiger partial charge in [-0.05, 0) is 72.1 Å². The molecule has 0 atom stereocenters. The van der Waals surface area contributed by atoms with Gasteiger partial charge in [0.05, 0.1) is 0 Å². The molecule has 2 aromatic heterocycles.